The van der Waals surface area contributed by atoms with Crippen LogP contribution in [0.2, 0.25) is 0 Å². The zero-order valence-corrected chi connectivity index (χ0v) is 11.8. The molecule has 0 radical (unpaired) electrons. The van der Waals surface area contributed by atoms with Gasteiger partial charge in [-0.2, -0.15) is 0 Å². The lowest BCUT2D eigenvalue weighted by atomic mass is 10.2. The highest BCUT2D eigenvalue weighted by Crippen LogP contribution is 2.06. The molecule has 0 aliphatic heterocycles. The minimum atomic E-state index is -0.461. The molecule has 1 rings (SSSR count). The van der Waals surface area contributed by atoms with E-state index < -0.39 is 5.97 Å². The fraction of sp³-hybridized carbons (Fsp3) is 0.667. The van der Waals surface area contributed by atoms with Crippen molar-refractivity contribution < 1.29 is 14.3 Å². The lowest BCUT2D eigenvalue weighted by Gasteiger charge is -2.06. The summed E-state index contributed by atoms with van der Waals surface area (Å²) in [5, 5.41) is 10.3. The van der Waals surface area contributed by atoms with Crippen molar-refractivity contribution in [3.8, 4) is 0 Å². The SMILES string of the molecule is CC(=O)NCCn1nnc(C(=O)OCC(C)C)c1C. The highest BCUT2D eigenvalue weighted by molar-refractivity contribution is 5.88. The number of rotatable bonds is 6. The van der Waals surface area contributed by atoms with Crippen LogP contribution in [0.5, 0.6) is 0 Å². The smallest absolute Gasteiger partial charge is 0.360 e. The van der Waals surface area contributed by atoms with Gasteiger partial charge in [-0.05, 0) is 12.8 Å². The van der Waals surface area contributed by atoms with Gasteiger partial charge in [0, 0.05) is 13.5 Å². The standard InChI is InChI=1S/C12H20N4O3/c1-8(2)7-19-12(18)11-9(3)16(15-14-11)6-5-13-10(4)17/h8H,5-7H2,1-4H3,(H,13,17). The third kappa shape index (κ3) is 4.69. The lowest BCUT2D eigenvalue weighted by molar-refractivity contribution is -0.119. The summed E-state index contributed by atoms with van der Waals surface area (Å²) in [6.45, 7) is 8.39. The van der Waals surface area contributed by atoms with Crippen molar-refractivity contribution in [1.82, 2.24) is 20.3 Å². The molecule has 0 saturated heterocycles. The maximum absolute atomic E-state index is 11.8. The summed E-state index contributed by atoms with van der Waals surface area (Å²) in [6.07, 6.45) is 0. The monoisotopic (exact) mass is 268 g/mol. The predicted octanol–water partition coefficient (Wildman–Crippen LogP) is 0.535. The normalized spacial score (nSPS) is 10.6. The average molecular weight is 268 g/mol. The average Bonchev–Trinajstić information content (AvgIpc) is 2.68. The number of amides is 1. The molecule has 0 saturated carbocycles. The molecule has 1 aromatic heterocycles. The highest BCUT2D eigenvalue weighted by Gasteiger charge is 2.18. The van der Waals surface area contributed by atoms with Crippen LogP contribution in [-0.4, -0.2) is 40.0 Å². The van der Waals surface area contributed by atoms with Gasteiger partial charge in [0.1, 0.15) is 0 Å². The first-order valence-electron chi connectivity index (χ1n) is 6.23. The molecule has 1 amide bonds. The molecule has 1 N–H and O–H groups in total. The molecule has 0 fully saturated rings. The number of nitrogens with zero attached hydrogens (tertiary/aromatic N) is 3. The number of ether oxygens (including phenoxy) is 1. The molecule has 106 valence electrons. The van der Waals surface area contributed by atoms with Crippen molar-refractivity contribution >= 4 is 11.9 Å². The van der Waals surface area contributed by atoms with E-state index in [9.17, 15) is 9.59 Å². The first-order chi connectivity index (χ1) is 8.91. The summed E-state index contributed by atoms with van der Waals surface area (Å²) in [6, 6.07) is 0. The zero-order chi connectivity index (χ0) is 14.4. The predicted molar refractivity (Wildman–Crippen MR) is 68.6 cm³/mol. The third-order valence-corrected chi connectivity index (χ3v) is 2.42. The van der Waals surface area contributed by atoms with Crippen molar-refractivity contribution in [1.29, 1.82) is 0 Å². The maximum atomic E-state index is 11.8. The van der Waals surface area contributed by atoms with Crippen molar-refractivity contribution in [2.75, 3.05) is 13.2 Å². The number of nitrogens with one attached hydrogen (secondary N) is 1. The van der Waals surface area contributed by atoms with E-state index in [-0.39, 0.29) is 17.5 Å². The summed E-state index contributed by atoms with van der Waals surface area (Å²) in [5.74, 6) is -0.287. The Balaban J connectivity index is 2.59. The number of hydrogen-bond acceptors (Lipinski definition) is 5. The highest BCUT2D eigenvalue weighted by atomic mass is 16.5. The molecule has 7 heteroatoms. The molecule has 0 bridgehead atoms. The first-order valence-corrected chi connectivity index (χ1v) is 6.23. The van der Waals surface area contributed by atoms with E-state index in [2.05, 4.69) is 15.6 Å². The van der Waals surface area contributed by atoms with E-state index in [0.29, 0.717) is 25.4 Å². The molecule has 1 aromatic rings. The number of esters is 1. The van der Waals surface area contributed by atoms with Gasteiger partial charge in [-0.3, -0.25) is 4.79 Å². The summed E-state index contributed by atoms with van der Waals surface area (Å²) in [5.41, 5.74) is 0.864. The van der Waals surface area contributed by atoms with Gasteiger partial charge in [-0.1, -0.05) is 19.1 Å². The largest absolute Gasteiger partial charge is 0.461 e. The van der Waals surface area contributed by atoms with Crippen LogP contribution in [-0.2, 0) is 16.1 Å². The Kier molecular flexibility index (Phi) is 5.47. The van der Waals surface area contributed by atoms with E-state index in [0.717, 1.165) is 0 Å². The minimum Gasteiger partial charge on any atom is -0.461 e. The van der Waals surface area contributed by atoms with Crippen LogP contribution < -0.4 is 5.32 Å². The number of carbonyl (C=O) groups is 2. The molecule has 7 nitrogen and oxygen atoms in total. The Hall–Kier alpha value is -1.92. The van der Waals surface area contributed by atoms with Gasteiger partial charge in [0.05, 0.1) is 18.8 Å². The minimum absolute atomic E-state index is 0.102. The maximum Gasteiger partial charge on any atom is 0.360 e. The quantitative estimate of drug-likeness (QED) is 0.761. The Morgan fingerprint density at radius 3 is 2.68 bits per heavy atom. The first kappa shape index (κ1) is 15.1. The second-order valence-electron chi connectivity index (χ2n) is 4.72. The van der Waals surface area contributed by atoms with Gasteiger partial charge in [0.15, 0.2) is 5.69 Å². The molecule has 0 aliphatic carbocycles. The molecule has 0 spiro atoms. The van der Waals surface area contributed by atoms with E-state index >= 15 is 0 Å². The van der Waals surface area contributed by atoms with Crippen LogP contribution in [0.15, 0.2) is 0 Å². The molecular weight excluding hydrogens is 248 g/mol. The van der Waals surface area contributed by atoms with Gasteiger partial charge < -0.3 is 10.1 Å². The fourth-order valence-corrected chi connectivity index (χ4v) is 1.41. The number of hydrogen-bond donors (Lipinski definition) is 1. The van der Waals surface area contributed by atoms with Crippen LogP contribution in [0.3, 0.4) is 0 Å². The fourth-order valence-electron chi connectivity index (χ4n) is 1.41. The zero-order valence-electron chi connectivity index (χ0n) is 11.8. The number of aromatic nitrogens is 3. The summed E-state index contributed by atoms with van der Waals surface area (Å²) >= 11 is 0. The summed E-state index contributed by atoms with van der Waals surface area (Å²) in [7, 11) is 0. The van der Waals surface area contributed by atoms with E-state index in [1.165, 1.54) is 6.92 Å². The van der Waals surface area contributed by atoms with Crippen LogP contribution in [0.25, 0.3) is 0 Å². The van der Waals surface area contributed by atoms with Crippen molar-refractivity contribution in [2.24, 2.45) is 5.92 Å². The van der Waals surface area contributed by atoms with Crippen LogP contribution >= 0.6 is 0 Å². The van der Waals surface area contributed by atoms with Crippen molar-refractivity contribution in [3.63, 3.8) is 0 Å². The molecular formula is C12H20N4O3. The van der Waals surface area contributed by atoms with Crippen LogP contribution in [0.1, 0.15) is 37.0 Å². The van der Waals surface area contributed by atoms with Crippen molar-refractivity contribution in [3.05, 3.63) is 11.4 Å². The molecule has 0 aromatic carbocycles. The molecule has 1 heterocycles. The Bertz CT molecular complexity index is 454. The van der Waals surface area contributed by atoms with Crippen LogP contribution in [0.4, 0.5) is 0 Å². The Morgan fingerprint density at radius 2 is 2.11 bits per heavy atom. The summed E-state index contributed by atoms with van der Waals surface area (Å²) in [4.78, 5) is 22.5. The van der Waals surface area contributed by atoms with E-state index in [4.69, 9.17) is 4.74 Å². The lowest BCUT2D eigenvalue weighted by Crippen LogP contribution is -2.25. The molecule has 0 aliphatic rings. The van der Waals surface area contributed by atoms with E-state index in [1.54, 1.807) is 11.6 Å². The second kappa shape index (κ2) is 6.86. The van der Waals surface area contributed by atoms with Crippen molar-refractivity contribution in [2.45, 2.75) is 34.2 Å². The van der Waals surface area contributed by atoms with Gasteiger partial charge in [0.25, 0.3) is 0 Å². The number of carbonyl (C=O) groups excluding carboxylic acids is 2. The van der Waals surface area contributed by atoms with E-state index in [1.807, 2.05) is 13.8 Å². The molecule has 0 atom stereocenters. The summed E-state index contributed by atoms with van der Waals surface area (Å²) < 4.78 is 6.67. The van der Waals surface area contributed by atoms with Gasteiger partial charge in [-0.15, -0.1) is 5.10 Å². The Morgan fingerprint density at radius 1 is 1.42 bits per heavy atom. The van der Waals surface area contributed by atoms with Gasteiger partial charge in [0.2, 0.25) is 5.91 Å². The molecule has 19 heavy (non-hydrogen) atoms. The van der Waals surface area contributed by atoms with Gasteiger partial charge >= 0.3 is 5.97 Å². The van der Waals surface area contributed by atoms with Crippen LogP contribution in [0, 0.1) is 12.8 Å². The third-order valence-electron chi connectivity index (χ3n) is 2.42. The Labute approximate surface area is 112 Å². The molecule has 0 unspecified atom stereocenters. The topological polar surface area (TPSA) is 86.1 Å². The van der Waals surface area contributed by atoms with Gasteiger partial charge in [-0.25, -0.2) is 9.48 Å². The second-order valence-corrected chi connectivity index (χ2v) is 4.72.